The maximum atomic E-state index is 13.5. The van der Waals surface area contributed by atoms with Gasteiger partial charge in [-0.25, -0.2) is 4.39 Å². The van der Waals surface area contributed by atoms with E-state index >= 15 is 0 Å². The highest BCUT2D eigenvalue weighted by atomic mass is 35.5. The minimum atomic E-state index is -0.587. The van der Waals surface area contributed by atoms with E-state index in [1.807, 2.05) is 0 Å². The van der Waals surface area contributed by atoms with Crippen molar-refractivity contribution in [2.45, 2.75) is 0 Å². The van der Waals surface area contributed by atoms with Gasteiger partial charge in [-0.1, -0.05) is 29.8 Å². The van der Waals surface area contributed by atoms with Crippen LogP contribution in [0.4, 0.5) is 9.18 Å². The van der Waals surface area contributed by atoms with Crippen molar-refractivity contribution in [1.82, 2.24) is 5.32 Å². The average Bonchev–Trinajstić information content (AvgIpc) is 2.83. The molecule has 2 amide bonds. The van der Waals surface area contributed by atoms with Crippen LogP contribution in [0.15, 0.2) is 47.4 Å². The van der Waals surface area contributed by atoms with E-state index in [9.17, 15) is 14.0 Å². The van der Waals surface area contributed by atoms with Crippen LogP contribution >= 0.6 is 23.4 Å². The summed E-state index contributed by atoms with van der Waals surface area (Å²) in [6.45, 7) is 0. The van der Waals surface area contributed by atoms with E-state index in [2.05, 4.69) is 5.32 Å². The van der Waals surface area contributed by atoms with Gasteiger partial charge in [-0.15, -0.1) is 0 Å². The maximum absolute atomic E-state index is 13.5. The number of carbonyl (C=O) groups is 2. The quantitative estimate of drug-likeness (QED) is 0.823. The predicted molar refractivity (Wildman–Crippen MR) is 87.0 cm³/mol. The van der Waals surface area contributed by atoms with Gasteiger partial charge in [-0.2, -0.15) is 0 Å². The molecule has 3 rings (SSSR count). The van der Waals surface area contributed by atoms with Crippen molar-refractivity contribution in [2.24, 2.45) is 0 Å². The Balaban J connectivity index is 1.92. The number of thioether (sulfide) groups is 1. The van der Waals surface area contributed by atoms with E-state index in [0.717, 1.165) is 11.8 Å². The number of nitrogens with one attached hydrogen (secondary N) is 1. The first-order chi connectivity index (χ1) is 11.0. The molecule has 0 aromatic heterocycles. The van der Waals surface area contributed by atoms with Crippen LogP contribution < -0.4 is 10.1 Å². The van der Waals surface area contributed by atoms with E-state index < -0.39 is 17.0 Å². The molecule has 2 aromatic carbocycles. The maximum Gasteiger partial charge on any atom is 0.290 e. The summed E-state index contributed by atoms with van der Waals surface area (Å²) in [4.78, 5) is 23.1. The predicted octanol–water partition coefficient (Wildman–Crippen LogP) is 4.60. The van der Waals surface area contributed by atoms with Crippen molar-refractivity contribution in [2.75, 3.05) is 0 Å². The molecule has 4 nitrogen and oxygen atoms in total. The zero-order chi connectivity index (χ0) is 16.4. The van der Waals surface area contributed by atoms with Crippen LogP contribution in [0, 0.1) is 5.82 Å². The first-order valence-electron chi connectivity index (χ1n) is 6.50. The Labute approximate surface area is 140 Å². The lowest BCUT2D eigenvalue weighted by molar-refractivity contribution is -0.115. The highest BCUT2D eigenvalue weighted by molar-refractivity contribution is 8.18. The first-order valence-corrected chi connectivity index (χ1v) is 7.69. The first kappa shape index (κ1) is 15.6. The summed E-state index contributed by atoms with van der Waals surface area (Å²) in [7, 11) is 0. The molecule has 116 valence electrons. The van der Waals surface area contributed by atoms with Gasteiger partial charge in [0, 0.05) is 11.6 Å². The largest absolute Gasteiger partial charge is 0.457 e. The van der Waals surface area contributed by atoms with Gasteiger partial charge >= 0.3 is 0 Å². The third-order valence-corrected chi connectivity index (χ3v) is 4.08. The number of ether oxygens (including phenoxy) is 1. The molecule has 1 aliphatic heterocycles. The van der Waals surface area contributed by atoms with Crippen LogP contribution in [0.5, 0.6) is 11.5 Å². The number of para-hydroxylation sites is 1. The topological polar surface area (TPSA) is 55.4 Å². The van der Waals surface area contributed by atoms with Crippen molar-refractivity contribution < 1.29 is 18.7 Å². The summed E-state index contributed by atoms with van der Waals surface area (Å²) in [5, 5.41) is 1.77. The van der Waals surface area contributed by atoms with E-state index in [0.29, 0.717) is 11.3 Å². The van der Waals surface area contributed by atoms with Crippen LogP contribution in [0.2, 0.25) is 5.02 Å². The molecule has 1 N–H and O–H groups in total. The zero-order valence-corrected chi connectivity index (χ0v) is 13.1. The van der Waals surface area contributed by atoms with Gasteiger partial charge in [-0.3, -0.25) is 14.9 Å². The third-order valence-electron chi connectivity index (χ3n) is 2.97. The molecule has 1 heterocycles. The number of halogens is 2. The number of hydrogen-bond donors (Lipinski definition) is 1. The fourth-order valence-electron chi connectivity index (χ4n) is 1.92. The Morgan fingerprint density at radius 3 is 2.65 bits per heavy atom. The van der Waals surface area contributed by atoms with E-state index in [1.165, 1.54) is 18.2 Å². The van der Waals surface area contributed by atoms with E-state index in [4.69, 9.17) is 16.3 Å². The van der Waals surface area contributed by atoms with Crippen LogP contribution in [-0.2, 0) is 4.79 Å². The molecule has 0 atom stereocenters. The smallest absolute Gasteiger partial charge is 0.290 e. The standard InChI is InChI=1S/C16H9ClFNO3S/c17-11-6-5-10(8-12(11)18)22-13-4-2-1-3-9(13)7-14-15(20)19-16(21)23-14/h1-8H,(H,19,20,21). The summed E-state index contributed by atoms with van der Waals surface area (Å²) < 4.78 is 19.1. The summed E-state index contributed by atoms with van der Waals surface area (Å²) in [5.74, 6) is -0.338. The second-order valence-electron chi connectivity index (χ2n) is 4.57. The van der Waals surface area contributed by atoms with E-state index in [-0.39, 0.29) is 15.7 Å². The lowest BCUT2D eigenvalue weighted by Gasteiger charge is -2.09. The molecule has 0 radical (unpaired) electrons. The SMILES string of the molecule is O=C1NC(=O)C(=Cc2ccccc2Oc2ccc(Cl)c(F)c2)S1. The lowest BCUT2D eigenvalue weighted by atomic mass is 10.2. The monoisotopic (exact) mass is 349 g/mol. The fraction of sp³-hybridized carbons (Fsp3) is 0. The number of benzene rings is 2. The average molecular weight is 350 g/mol. The van der Waals surface area contributed by atoms with Gasteiger partial charge in [-0.05, 0) is 36.0 Å². The molecule has 0 bridgehead atoms. The summed E-state index contributed by atoms with van der Waals surface area (Å²) >= 11 is 6.46. The molecule has 7 heteroatoms. The van der Waals surface area contributed by atoms with Crippen LogP contribution in [0.25, 0.3) is 6.08 Å². The normalized spacial score (nSPS) is 15.8. The van der Waals surface area contributed by atoms with Gasteiger partial charge in [0.05, 0.1) is 9.93 Å². The lowest BCUT2D eigenvalue weighted by Crippen LogP contribution is -2.17. The van der Waals surface area contributed by atoms with Crippen molar-refractivity contribution in [3.8, 4) is 11.5 Å². The zero-order valence-electron chi connectivity index (χ0n) is 11.5. The summed E-state index contributed by atoms with van der Waals surface area (Å²) in [6, 6.07) is 11.0. The second kappa shape index (κ2) is 6.44. The van der Waals surface area contributed by atoms with Crippen LogP contribution in [0.3, 0.4) is 0 Å². The molecule has 0 saturated carbocycles. The van der Waals surface area contributed by atoms with Gasteiger partial charge in [0.2, 0.25) is 0 Å². The van der Waals surface area contributed by atoms with Crippen LogP contribution in [-0.4, -0.2) is 11.1 Å². The Hall–Kier alpha value is -2.31. The Bertz CT molecular complexity index is 838. The molecule has 2 aromatic rings. The number of carbonyl (C=O) groups excluding carboxylic acids is 2. The summed E-state index contributed by atoms with van der Waals surface area (Å²) in [6.07, 6.45) is 1.55. The third kappa shape index (κ3) is 3.55. The second-order valence-corrected chi connectivity index (χ2v) is 5.99. The van der Waals surface area contributed by atoms with Gasteiger partial charge in [0.15, 0.2) is 0 Å². The van der Waals surface area contributed by atoms with Gasteiger partial charge in [0.1, 0.15) is 17.3 Å². The van der Waals surface area contributed by atoms with Gasteiger partial charge in [0.25, 0.3) is 11.1 Å². The van der Waals surface area contributed by atoms with Crippen molar-refractivity contribution >= 4 is 40.6 Å². The van der Waals surface area contributed by atoms with Crippen molar-refractivity contribution in [1.29, 1.82) is 0 Å². The molecule has 1 aliphatic rings. The number of amides is 2. The minimum Gasteiger partial charge on any atom is -0.457 e. The molecule has 0 aliphatic carbocycles. The molecule has 1 saturated heterocycles. The Kier molecular flexibility index (Phi) is 4.36. The summed E-state index contributed by atoms with van der Waals surface area (Å²) in [5.41, 5.74) is 0.593. The minimum absolute atomic E-state index is 0.00490. The molecule has 0 spiro atoms. The van der Waals surface area contributed by atoms with Crippen molar-refractivity contribution in [3.05, 3.63) is 63.8 Å². The molecule has 0 unspecified atom stereocenters. The molecule has 23 heavy (non-hydrogen) atoms. The highest BCUT2D eigenvalue weighted by Gasteiger charge is 2.25. The van der Waals surface area contributed by atoms with Gasteiger partial charge < -0.3 is 4.74 Å². The highest BCUT2D eigenvalue weighted by Crippen LogP contribution is 2.32. The van der Waals surface area contributed by atoms with Crippen LogP contribution in [0.1, 0.15) is 5.56 Å². The number of hydrogen-bond acceptors (Lipinski definition) is 4. The number of imide groups is 1. The number of rotatable bonds is 3. The Morgan fingerprint density at radius 1 is 1.17 bits per heavy atom. The molecular formula is C16H9ClFNO3S. The molecular weight excluding hydrogens is 341 g/mol. The Morgan fingerprint density at radius 2 is 1.96 bits per heavy atom. The molecule has 1 fully saturated rings. The fourth-order valence-corrected chi connectivity index (χ4v) is 2.71. The van der Waals surface area contributed by atoms with E-state index in [1.54, 1.807) is 30.3 Å². The van der Waals surface area contributed by atoms with Crippen molar-refractivity contribution in [3.63, 3.8) is 0 Å².